The largest absolute Gasteiger partial charge is 0.508 e. The van der Waals surface area contributed by atoms with Gasteiger partial charge in [0.2, 0.25) is 5.91 Å². The molecule has 1 N–H and O–H groups in total. The topological polar surface area (TPSA) is 40.5 Å². The first-order chi connectivity index (χ1) is 8.74. The minimum Gasteiger partial charge on any atom is -0.508 e. The van der Waals surface area contributed by atoms with Gasteiger partial charge >= 0.3 is 0 Å². The summed E-state index contributed by atoms with van der Waals surface area (Å²) < 4.78 is 0. The molecule has 2 saturated carbocycles. The van der Waals surface area contributed by atoms with E-state index in [1.54, 1.807) is 12.1 Å². The zero-order chi connectivity index (χ0) is 12.5. The van der Waals surface area contributed by atoms with Gasteiger partial charge in [-0.2, -0.15) is 0 Å². The number of para-hydroxylation sites is 1. The van der Waals surface area contributed by atoms with Crippen LogP contribution in [-0.4, -0.2) is 28.5 Å². The van der Waals surface area contributed by atoms with Crippen LogP contribution in [0.4, 0.5) is 0 Å². The van der Waals surface area contributed by atoms with Crippen molar-refractivity contribution in [2.75, 3.05) is 6.54 Å². The lowest BCUT2D eigenvalue weighted by atomic mass is 10.1. The summed E-state index contributed by atoms with van der Waals surface area (Å²) in [6.45, 7) is 0.928. The Hall–Kier alpha value is -1.51. The van der Waals surface area contributed by atoms with Crippen molar-refractivity contribution in [3.05, 3.63) is 29.8 Å². The molecular weight excluding hydrogens is 226 g/mol. The van der Waals surface area contributed by atoms with E-state index in [1.165, 1.54) is 12.8 Å². The van der Waals surface area contributed by atoms with Gasteiger partial charge in [0.15, 0.2) is 0 Å². The van der Waals surface area contributed by atoms with E-state index >= 15 is 0 Å². The maximum absolute atomic E-state index is 12.3. The Morgan fingerprint density at radius 1 is 1.22 bits per heavy atom. The summed E-state index contributed by atoms with van der Waals surface area (Å²) in [4.78, 5) is 14.4. The van der Waals surface area contributed by atoms with Crippen molar-refractivity contribution in [1.82, 2.24) is 4.90 Å². The molecule has 0 heterocycles. The second kappa shape index (κ2) is 4.63. The summed E-state index contributed by atoms with van der Waals surface area (Å²) in [7, 11) is 0. The molecule has 3 rings (SSSR count). The van der Waals surface area contributed by atoms with Crippen LogP contribution in [0.5, 0.6) is 5.75 Å². The summed E-state index contributed by atoms with van der Waals surface area (Å²) in [6, 6.07) is 7.60. The van der Waals surface area contributed by atoms with Gasteiger partial charge in [0.1, 0.15) is 5.75 Å². The Morgan fingerprint density at radius 2 is 1.94 bits per heavy atom. The molecule has 0 saturated heterocycles. The van der Waals surface area contributed by atoms with Crippen molar-refractivity contribution in [3.8, 4) is 5.75 Å². The minimum absolute atomic E-state index is 0.172. The molecule has 2 fully saturated rings. The first-order valence-electron chi connectivity index (χ1n) is 6.80. The number of amides is 1. The lowest BCUT2D eigenvalue weighted by Crippen LogP contribution is -2.36. The van der Waals surface area contributed by atoms with Crippen LogP contribution in [0.15, 0.2) is 24.3 Å². The highest BCUT2D eigenvalue weighted by Crippen LogP contribution is 2.35. The lowest BCUT2D eigenvalue weighted by molar-refractivity contribution is -0.131. The van der Waals surface area contributed by atoms with E-state index in [0.717, 1.165) is 30.9 Å². The van der Waals surface area contributed by atoms with E-state index in [4.69, 9.17) is 0 Å². The van der Waals surface area contributed by atoms with Gasteiger partial charge in [-0.1, -0.05) is 18.2 Å². The molecule has 2 aliphatic rings. The van der Waals surface area contributed by atoms with Crippen LogP contribution in [0, 0.1) is 5.92 Å². The van der Waals surface area contributed by atoms with Crippen molar-refractivity contribution in [2.45, 2.75) is 38.1 Å². The summed E-state index contributed by atoms with van der Waals surface area (Å²) in [5.41, 5.74) is 0.740. The number of carbonyl (C=O) groups is 1. The van der Waals surface area contributed by atoms with Crippen LogP contribution < -0.4 is 0 Å². The van der Waals surface area contributed by atoms with Crippen molar-refractivity contribution in [3.63, 3.8) is 0 Å². The molecule has 0 spiro atoms. The van der Waals surface area contributed by atoms with Crippen molar-refractivity contribution in [2.24, 2.45) is 5.92 Å². The highest BCUT2D eigenvalue weighted by atomic mass is 16.3. The van der Waals surface area contributed by atoms with E-state index in [1.807, 2.05) is 17.0 Å². The smallest absolute Gasteiger partial charge is 0.227 e. The number of phenolic OH excluding ortho intramolecular Hbond substituents is 1. The van der Waals surface area contributed by atoms with E-state index in [0.29, 0.717) is 12.5 Å². The Balaban J connectivity index is 1.66. The number of rotatable bonds is 5. The summed E-state index contributed by atoms with van der Waals surface area (Å²) in [5.74, 6) is 1.14. The van der Waals surface area contributed by atoms with Crippen LogP contribution in [0.2, 0.25) is 0 Å². The average molecular weight is 245 g/mol. The Morgan fingerprint density at radius 3 is 2.56 bits per heavy atom. The fraction of sp³-hybridized carbons (Fsp3) is 0.533. The van der Waals surface area contributed by atoms with Crippen LogP contribution in [0.25, 0.3) is 0 Å². The molecule has 0 atom stereocenters. The second-order valence-corrected chi connectivity index (χ2v) is 5.53. The SMILES string of the molecule is O=C(Cc1ccccc1O)N(CC1CC1)C1CC1. The van der Waals surface area contributed by atoms with Crippen LogP contribution >= 0.6 is 0 Å². The number of hydrogen-bond donors (Lipinski definition) is 1. The third-order valence-electron chi connectivity index (χ3n) is 3.79. The molecular formula is C15H19NO2. The molecule has 0 bridgehead atoms. The van der Waals surface area contributed by atoms with E-state index in [2.05, 4.69) is 0 Å². The quantitative estimate of drug-likeness (QED) is 0.865. The molecule has 0 aliphatic heterocycles. The molecule has 18 heavy (non-hydrogen) atoms. The Labute approximate surface area is 107 Å². The first kappa shape index (κ1) is 11.6. The molecule has 1 aromatic carbocycles. The molecule has 1 amide bonds. The molecule has 96 valence electrons. The summed E-state index contributed by atoms with van der Waals surface area (Å²) in [6.07, 6.45) is 5.18. The number of aromatic hydroxyl groups is 1. The number of nitrogens with zero attached hydrogens (tertiary/aromatic N) is 1. The molecule has 1 aromatic rings. The Kier molecular flexibility index (Phi) is 2.98. The van der Waals surface area contributed by atoms with Gasteiger partial charge in [0, 0.05) is 18.2 Å². The first-order valence-corrected chi connectivity index (χ1v) is 6.80. The zero-order valence-corrected chi connectivity index (χ0v) is 10.5. The van der Waals surface area contributed by atoms with E-state index in [-0.39, 0.29) is 11.7 Å². The van der Waals surface area contributed by atoms with Gasteiger partial charge in [-0.05, 0) is 37.7 Å². The molecule has 3 heteroatoms. The number of hydrogen-bond acceptors (Lipinski definition) is 2. The van der Waals surface area contributed by atoms with Crippen molar-refractivity contribution >= 4 is 5.91 Å². The highest BCUT2D eigenvalue weighted by molar-refractivity contribution is 5.80. The lowest BCUT2D eigenvalue weighted by Gasteiger charge is -2.22. The summed E-state index contributed by atoms with van der Waals surface area (Å²) in [5, 5.41) is 9.72. The number of benzene rings is 1. The molecule has 2 aliphatic carbocycles. The van der Waals surface area contributed by atoms with E-state index < -0.39 is 0 Å². The summed E-state index contributed by atoms with van der Waals surface area (Å²) >= 11 is 0. The van der Waals surface area contributed by atoms with Gasteiger partial charge < -0.3 is 10.0 Å². The van der Waals surface area contributed by atoms with E-state index in [9.17, 15) is 9.90 Å². The van der Waals surface area contributed by atoms with Crippen molar-refractivity contribution < 1.29 is 9.90 Å². The van der Waals surface area contributed by atoms with Crippen molar-refractivity contribution in [1.29, 1.82) is 0 Å². The van der Waals surface area contributed by atoms with Crippen LogP contribution in [0.3, 0.4) is 0 Å². The van der Waals surface area contributed by atoms with Crippen LogP contribution in [0.1, 0.15) is 31.2 Å². The molecule has 0 unspecified atom stereocenters. The van der Waals surface area contributed by atoms with Gasteiger partial charge in [-0.25, -0.2) is 0 Å². The van der Waals surface area contributed by atoms with Gasteiger partial charge in [-0.3, -0.25) is 4.79 Å². The van der Waals surface area contributed by atoms with Crippen LogP contribution in [-0.2, 0) is 11.2 Å². The normalized spacial score (nSPS) is 18.7. The third kappa shape index (κ3) is 2.66. The maximum Gasteiger partial charge on any atom is 0.227 e. The monoisotopic (exact) mass is 245 g/mol. The van der Waals surface area contributed by atoms with Gasteiger partial charge in [-0.15, -0.1) is 0 Å². The minimum atomic E-state index is 0.172. The third-order valence-corrected chi connectivity index (χ3v) is 3.79. The molecule has 0 radical (unpaired) electrons. The number of carbonyl (C=O) groups excluding carboxylic acids is 1. The van der Waals surface area contributed by atoms with Gasteiger partial charge in [0.05, 0.1) is 6.42 Å². The maximum atomic E-state index is 12.3. The molecule has 3 nitrogen and oxygen atoms in total. The average Bonchev–Trinajstić information content (AvgIpc) is 3.23. The molecule has 0 aromatic heterocycles. The highest BCUT2D eigenvalue weighted by Gasteiger charge is 2.36. The second-order valence-electron chi connectivity index (χ2n) is 5.53. The predicted octanol–water partition coefficient (Wildman–Crippen LogP) is 2.34. The fourth-order valence-electron chi connectivity index (χ4n) is 2.34. The zero-order valence-electron chi connectivity index (χ0n) is 10.5. The standard InChI is InChI=1S/C15H19NO2/c17-14-4-2-1-3-12(14)9-15(18)16(13-7-8-13)10-11-5-6-11/h1-4,11,13,17H,5-10H2. The Bertz CT molecular complexity index is 450. The number of phenols is 1. The van der Waals surface area contributed by atoms with Gasteiger partial charge in [0.25, 0.3) is 0 Å². The predicted molar refractivity (Wildman–Crippen MR) is 69.3 cm³/mol. The fourth-order valence-corrected chi connectivity index (χ4v) is 2.34.